The minimum Gasteiger partial charge on any atom is -0.497 e. The van der Waals surface area contributed by atoms with E-state index in [-0.39, 0.29) is 17.9 Å². The first-order valence-corrected chi connectivity index (χ1v) is 6.03. The second-order valence-electron chi connectivity index (χ2n) is 4.47. The molecule has 1 atom stereocenters. The maximum Gasteiger partial charge on any atom is 0.249 e. The Hall–Kier alpha value is -2.37. The summed E-state index contributed by atoms with van der Waals surface area (Å²) in [7, 11) is 1.60. The maximum atomic E-state index is 11.9. The van der Waals surface area contributed by atoms with Gasteiger partial charge in [-0.25, -0.2) is 4.98 Å². The van der Waals surface area contributed by atoms with Crippen LogP contribution in [0.2, 0.25) is 0 Å². The minimum atomic E-state index is -0.379. The number of imide groups is 1. The lowest BCUT2D eigenvalue weighted by molar-refractivity contribution is -0.135. The van der Waals surface area contributed by atoms with Crippen LogP contribution in [-0.2, 0) is 9.59 Å². The Kier molecular flexibility index (Phi) is 2.70. The number of carbonyl (C=O) groups is 2. The molecule has 1 aromatic carbocycles. The molecule has 0 saturated carbocycles. The second kappa shape index (κ2) is 4.38. The van der Waals surface area contributed by atoms with E-state index >= 15 is 0 Å². The minimum absolute atomic E-state index is 0.215. The molecule has 0 bridgehead atoms. The first-order valence-electron chi connectivity index (χ1n) is 6.03. The van der Waals surface area contributed by atoms with Crippen molar-refractivity contribution >= 4 is 22.8 Å². The van der Waals surface area contributed by atoms with Crippen LogP contribution in [0.4, 0.5) is 0 Å². The average Bonchev–Trinajstić information content (AvgIpc) is 2.81. The van der Waals surface area contributed by atoms with Crippen molar-refractivity contribution in [3.63, 3.8) is 0 Å². The van der Waals surface area contributed by atoms with E-state index in [1.165, 1.54) is 0 Å². The van der Waals surface area contributed by atoms with Crippen molar-refractivity contribution in [3.8, 4) is 5.75 Å². The second-order valence-corrected chi connectivity index (χ2v) is 4.47. The number of carbonyl (C=O) groups excluding carboxylic acids is 2. The predicted octanol–water partition coefficient (Wildman–Crippen LogP) is 1.02. The maximum absolute atomic E-state index is 11.9. The zero-order valence-electron chi connectivity index (χ0n) is 10.4. The van der Waals surface area contributed by atoms with Crippen LogP contribution >= 0.6 is 0 Å². The molecule has 98 valence electrons. The third kappa shape index (κ3) is 1.95. The first kappa shape index (κ1) is 11.7. The number of ether oxygens (including phenoxy) is 1. The predicted molar refractivity (Wildman–Crippen MR) is 67.7 cm³/mol. The fourth-order valence-electron chi connectivity index (χ4n) is 2.33. The Morgan fingerprint density at radius 3 is 3.00 bits per heavy atom. The summed E-state index contributed by atoms with van der Waals surface area (Å²) in [6.45, 7) is 0. The molecule has 19 heavy (non-hydrogen) atoms. The van der Waals surface area contributed by atoms with Gasteiger partial charge in [-0.2, -0.15) is 0 Å². The monoisotopic (exact) mass is 259 g/mol. The number of benzene rings is 1. The summed E-state index contributed by atoms with van der Waals surface area (Å²) < 4.78 is 6.94. The van der Waals surface area contributed by atoms with Gasteiger partial charge in [-0.1, -0.05) is 0 Å². The van der Waals surface area contributed by atoms with Crippen molar-refractivity contribution in [3.05, 3.63) is 24.5 Å². The number of amides is 2. The highest BCUT2D eigenvalue weighted by atomic mass is 16.5. The molecule has 0 spiro atoms. The van der Waals surface area contributed by atoms with Crippen LogP contribution in [0.15, 0.2) is 24.5 Å². The van der Waals surface area contributed by atoms with Gasteiger partial charge in [0.1, 0.15) is 11.8 Å². The van der Waals surface area contributed by atoms with E-state index < -0.39 is 0 Å². The van der Waals surface area contributed by atoms with Gasteiger partial charge in [0.2, 0.25) is 11.8 Å². The molecular formula is C13H13N3O3. The molecule has 6 nitrogen and oxygen atoms in total. The Morgan fingerprint density at radius 2 is 2.26 bits per heavy atom. The summed E-state index contributed by atoms with van der Waals surface area (Å²) in [6.07, 6.45) is 2.48. The third-order valence-corrected chi connectivity index (χ3v) is 3.33. The van der Waals surface area contributed by atoms with E-state index in [1.54, 1.807) is 18.0 Å². The van der Waals surface area contributed by atoms with E-state index in [4.69, 9.17) is 4.74 Å². The number of piperidine rings is 1. The molecule has 2 aromatic rings. The van der Waals surface area contributed by atoms with Crippen molar-refractivity contribution < 1.29 is 14.3 Å². The highest BCUT2D eigenvalue weighted by molar-refractivity contribution is 6.00. The van der Waals surface area contributed by atoms with E-state index in [2.05, 4.69) is 10.3 Å². The number of nitrogens with zero attached hydrogens (tertiary/aromatic N) is 2. The number of nitrogens with one attached hydrogen (secondary N) is 1. The summed E-state index contributed by atoms with van der Waals surface area (Å²) in [5, 5.41) is 2.35. The molecule has 1 unspecified atom stereocenters. The zero-order valence-corrected chi connectivity index (χ0v) is 10.4. The fraction of sp³-hybridized carbons (Fsp3) is 0.308. The Morgan fingerprint density at radius 1 is 1.42 bits per heavy atom. The molecule has 1 N–H and O–H groups in total. The Bertz CT molecular complexity index is 662. The Labute approximate surface area is 109 Å². The molecule has 1 aromatic heterocycles. The lowest BCUT2D eigenvalue weighted by Gasteiger charge is -2.22. The molecular weight excluding hydrogens is 246 g/mol. The van der Waals surface area contributed by atoms with E-state index in [0.29, 0.717) is 12.8 Å². The van der Waals surface area contributed by atoms with Crippen LogP contribution < -0.4 is 10.1 Å². The van der Waals surface area contributed by atoms with Gasteiger partial charge < -0.3 is 9.30 Å². The summed E-state index contributed by atoms with van der Waals surface area (Å²) in [6, 6.07) is 5.13. The van der Waals surface area contributed by atoms with Gasteiger partial charge in [0, 0.05) is 12.5 Å². The average molecular weight is 259 g/mol. The van der Waals surface area contributed by atoms with Gasteiger partial charge >= 0.3 is 0 Å². The molecule has 0 aliphatic carbocycles. The van der Waals surface area contributed by atoms with Gasteiger partial charge in [-0.05, 0) is 18.6 Å². The molecule has 0 radical (unpaired) electrons. The Balaban J connectivity index is 2.01. The lowest BCUT2D eigenvalue weighted by Crippen LogP contribution is -2.41. The van der Waals surface area contributed by atoms with Gasteiger partial charge in [-0.3, -0.25) is 14.9 Å². The van der Waals surface area contributed by atoms with Crippen molar-refractivity contribution in [2.45, 2.75) is 18.9 Å². The van der Waals surface area contributed by atoms with Crippen molar-refractivity contribution in [2.75, 3.05) is 7.11 Å². The molecule has 1 aliphatic rings. The number of methoxy groups -OCH3 is 1. The van der Waals surface area contributed by atoms with E-state index in [9.17, 15) is 9.59 Å². The topological polar surface area (TPSA) is 73.2 Å². The number of imidazole rings is 1. The zero-order chi connectivity index (χ0) is 13.4. The third-order valence-electron chi connectivity index (χ3n) is 3.33. The standard InChI is InChI=1S/C13H13N3O3/c1-19-8-2-3-10-9(6-8)14-7-16(10)11-4-5-12(17)15-13(11)18/h2-3,6-7,11H,4-5H2,1H3,(H,15,17,18). The molecule has 1 fully saturated rings. The summed E-state index contributed by atoms with van der Waals surface area (Å²) in [5.74, 6) is 0.236. The van der Waals surface area contributed by atoms with Crippen molar-refractivity contribution in [2.24, 2.45) is 0 Å². The largest absolute Gasteiger partial charge is 0.497 e. The van der Waals surface area contributed by atoms with Crippen LogP contribution in [0.5, 0.6) is 5.75 Å². The molecule has 1 saturated heterocycles. The van der Waals surface area contributed by atoms with E-state index in [0.717, 1.165) is 16.8 Å². The quantitative estimate of drug-likeness (QED) is 0.817. The van der Waals surface area contributed by atoms with Crippen LogP contribution in [0.25, 0.3) is 11.0 Å². The summed E-state index contributed by atoms with van der Waals surface area (Å²) in [5.41, 5.74) is 1.62. The van der Waals surface area contributed by atoms with Crippen molar-refractivity contribution in [1.29, 1.82) is 0 Å². The summed E-state index contributed by atoms with van der Waals surface area (Å²) >= 11 is 0. The van der Waals surface area contributed by atoms with Crippen LogP contribution in [-0.4, -0.2) is 28.5 Å². The normalized spacial score (nSPS) is 19.5. The molecule has 2 heterocycles. The molecule has 2 amide bonds. The number of hydrogen-bond donors (Lipinski definition) is 1. The van der Waals surface area contributed by atoms with Crippen LogP contribution in [0.3, 0.4) is 0 Å². The molecule has 3 rings (SSSR count). The highest BCUT2D eigenvalue weighted by Gasteiger charge is 2.28. The van der Waals surface area contributed by atoms with Crippen molar-refractivity contribution in [1.82, 2.24) is 14.9 Å². The van der Waals surface area contributed by atoms with Gasteiger partial charge in [-0.15, -0.1) is 0 Å². The number of fused-ring (bicyclic) bond motifs is 1. The number of aromatic nitrogens is 2. The van der Waals surface area contributed by atoms with Gasteiger partial charge in [0.15, 0.2) is 0 Å². The van der Waals surface area contributed by atoms with Crippen LogP contribution in [0, 0.1) is 0 Å². The van der Waals surface area contributed by atoms with Crippen LogP contribution in [0.1, 0.15) is 18.9 Å². The first-order chi connectivity index (χ1) is 9.19. The molecule has 6 heteroatoms. The smallest absolute Gasteiger partial charge is 0.249 e. The van der Waals surface area contributed by atoms with E-state index in [1.807, 2.05) is 18.2 Å². The summed E-state index contributed by atoms with van der Waals surface area (Å²) in [4.78, 5) is 27.3. The van der Waals surface area contributed by atoms with Gasteiger partial charge in [0.05, 0.1) is 24.5 Å². The number of hydrogen-bond acceptors (Lipinski definition) is 4. The molecule has 1 aliphatic heterocycles. The SMILES string of the molecule is COc1ccc2c(c1)ncn2C1CCC(=O)NC1=O. The number of rotatable bonds is 2. The lowest BCUT2D eigenvalue weighted by atomic mass is 10.1. The fourth-order valence-corrected chi connectivity index (χ4v) is 2.33. The van der Waals surface area contributed by atoms with Gasteiger partial charge in [0.25, 0.3) is 0 Å². The highest BCUT2D eigenvalue weighted by Crippen LogP contribution is 2.26.